The Morgan fingerprint density at radius 2 is 1.46 bits per heavy atom. The first-order chi connectivity index (χ1) is 16.8. The number of nitrogens with one attached hydrogen (secondary N) is 1. The molecule has 0 aromatic heterocycles. The van der Waals surface area contributed by atoms with Gasteiger partial charge in [0.05, 0.1) is 0 Å². The monoisotopic (exact) mass is 575 g/mol. The van der Waals surface area contributed by atoms with Crippen molar-refractivity contribution in [3.8, 4) is 0 Å². The molecule has 0 radical (unpaired) electrons. The molecule has 1 amide bonds. The SMILES string of the molecule is CCCCCCCC/C=C\CCCCCCCC(=O)N[C@H](CO[PH](O)(O)O)Cc1ccc(Br)cc1. The molecule has 0 spiro atoms. The molecular weight excluding hydrogens is 529 g/mol. The maximum atomic E-state index is 12.4. The Kier molecular flexibility index (Phi) is 18.6. The van der Waals surface area contributed by atoms with Crippen molar-refractivity contribution in [3.63, 3.8) is 0 Å². The summed E-state index contributed by atoms with van der Waals surface area (Å²) in [6.07, 6.45) is 21.3. The Labute approximate surface area is 221 Å². The molecule has 0 heterocycles. The van der Waals surface area contributed by atoms with Crippen molar-refractivity contribution >= 4 is 30.0 Å². The first kappa shape index (κ1) is 32.2. The van der Waals surface area contributed by atoms with Gasteiger partial charge in [0.2, 0.25) is 0 Å². The van der Waals surface area contributed by atoms with Gasteiger partial charge in [0, 0.05) is 0 Å². The zero-order valence-corrected chi connectivity index (χ0v) is 24.0. The minimum atomic E-state index is -4.62. The second-order valence-corrected chi connectivity index (χ2v) is 11.7. The van der Waals surface area contributed by atoms with Crippen LogP contribution in [0.1, 0.15) is 102 Å². The van der Waals surface area contributed by atoms with Crippen molar-refractivity contribution < 1.29 is 24.0 Å². The minimum absolute atomic E-state index is 0.0885. The molecule has 1 atom stereocenters. The molecular formula is C27H47BrNO5P. The average molecular weight is 577 g/mol. The third kappa shape index (κ3) is 20.0. The summed E-state index contributed by atoms with van der Waals surface area (Å²) in [5.41, 5.74) is 0.976. The molecule has 0 saturated heterocycles. The van der Waals surface area contributed by atoms with E-state index < -0.39 is 14.2 Å². The van der Waals surface area contributed by atoms with Crippen LogP contribution in [0, 0.1) is 0 Å². The number of hydrogen-bond donors (Lipinski definition) is 4. The molecule has 1 aromatic rings. The Morgan fingerprint density at radius 1 is 0.914 bits per heavy atom. The van der Waals surface area contributed by atoms with Gasteiger partial charge in [0.15, 0.2) is 0 Å². The fourth-order valence-electron chi connectivity index (χ4n) is 3.93. The second-order valence-electron chi connectivity index (χ2n) is 9.31. The van der Waals surface area contributed by atoms with Crippen LogP contribution in [0.3, 0.4) is 0 Å². The predicted octanol–water partition coefficient (Wildman–Crippen LogP) is 6.92. The number of unbranched alkanes of at least 4 members (excludes halogenated alkanes) is 11. The van der Waals surface area contributed by atoms with Gasteiger partial charge in [-0.15, -0.1) is 0 Å². The Morgan fingerprint density at radius 3 is 2.03 bits per heavy atom. The standard InChI is InChI=1S/C27H47BrNO5P/c1-2-3-4-5-6-7-8-9-10-11-12-13-14-15-16-17-27(30)29-26(23-34-35(31,32)33)22-24-18-20-25(28)21-19-24/h9-10,18-21,26,31-33,35H,2-8,11-17,22-23H2,1H3,(H,29,30)/b10-9-/t26-/m0/s1. The molecule has 202 valence electrons. The normalized spacial score (nSPS) is 13.3. The molecule has 6 nitrogen and oxygen atoms in total. The fraction of sp³-hybridized carbons (Fsp3) is 0.667. The number of rotatable bonds is 21. The summed E-state index contributed by atoms with van der Waals surface area (Å²) < 4.78 is 5.75. The van der Waals surface area contributed by atoms with E-state index in [2.05, 4.69) is 40.3 Å². The van der Waals surface area contributed by atoms with Crippen LogP contribution in [-0.2, 0) is 15.7 Å². The summed E-state index contributed by atoms with van der Waals surface area (Å²) in [6, 6.07) is 7.21. The summed E-state index contributed by atoms with van der Waals surface area (Å²) >= 11 is 3.39. The zero-order valence-electron chi connectivity index (χ0n) is 21.4. The molecule has 1 rings (SSSR count). The third-order valence-electron chi connectivity index (χ3n) is 5.90. The van der Waals surface area contributed by atoms with Crippen molar-refractivity contribution in [2.45, 2.75) is 109 Å². The molecule has 0 aliphatic rings. The van der Waals surface area contributed by atoms with Gasteiger partial charge in [0.1, 0.15) is 0 Å². The summed E-state index contributed by atoms with van der Waals surface area (Å²) in [4.78, 5) is 39.9. The van der Waals surface area contributed by atoms with Gasteiger partial charge in [-0.25, -0.2) is 0 Å². The van der Waals surface area contributed by atoms with Crippen LogP contribution in [0.25, 0.3) is 0 Å². The number of allylic oxidation sites excluding steroid dienone is 2. The zero-order chi connectivity index (χ0) is 25.8. The first-order valence-electron chi connectivity index (χ1n) is 13.3. The number of carbonyl (C=O) groups is 1. The summed E-state index contributed by atoms with van der Waals surface area (Å²) in [5.74, 6) is -0.0885. The maximum absolute atomic E-state index is 12.4. The van der Waals surface area contributed by atoms with Crippen LogP contribution in [0.5, 0.6) is 0 Å². The van der Waals surface area contributed by atoms with Gasteiger partial charge in [-0.3, -0.25) is 0 Å². The van der Waals surface area contributed by atoms with E-state index in [9.17, 15) is 4.79 Å². The topological polar surface area (TPSA) is 99.0 Å². The molecule has 4 N–H and O–H groups in total. The first-order valence-corrected chi connectivity index (χ1v) is 15.8. The number of amides is 1. The molecule has 0 unspecified atom stereocenters. The molecule has 0 saturated carbocycles. The number of halogens is 1. The van der Waals surface area contributed by atoms with Crippen molar-refractivity contribution in [1.29, 1.82) is 0 Å². The number of carbonyl (C=O) groups excluding carboxylic acids is 1. The molecule has 0 bridgehead atoms. The van der Waals surface area contributed by atoms with Gasteiger partial charge in [-0.1, -0.05) is 51.2 Å². The quantitative estimate of drug-likeness (QED) is 0.0724. The molecule has 35 heavy (non-hydrogen) atoms. The molecule has 0 aliphatic carbocycles. The van der Waals surface area contributed by atoms with Crippen LogP contribution < -0.4 is 5.32 Å². The summed E-state index contributed by atoms with van der Waals surface area (Å²) in [5, 5.41) is 2.91. The summed E-state index contributed by atoms with van der Waals surface area (Å²) in [6.45, 7) is 2.09. The van der Waals surface area contributed by atoms with E-state index in [1.807, 2.05) is 24.3 Å². The van der Waals surface area contributed by atoms with Crippen molar-refractivity contribution in [3.05, 3.63) is 46.5 Å². The second kappa shape index (κ2) is 20.3. The van der Waals surface area contributed by atoms with Crippen LogP contribution in [0.4, 0.5) is 0 Å². The van der Waals surface area contributed by atoms with Crippen molar-refractivity contribution in [2.24, 2.45) is 0 Å². The van der Waals surface area contributed by atoms with Crippen molar-refractivity contribution in [1.82, 2.24) is 5.32 Å². The predicted molar refractivity (Wildman–Crippen MR) is 150 cm³/mol. The molecule has 0 fully saturated rings. The van der Waals surface area contributed by atoms with E-state index in [1.54, 1.807) is 0 Å². The van der Waals surface area contributed by atoms with Crippen LogP contribution in [-0.4, -0.2) is 33.2 Å². The average Bonchev–Trinajstić information content (AvgIpc) is 2.81. The van der Waals surface area contributed by atoms with Crippen LogP contribution >= 0.6 is 24.1 Å². The Hall–Kier alpha value is -0.820. The van der Waals surface area contributed by atoms with Crippen LogP contribution in [0.15, 0.2) is 40.9 Å². The molecule has 1 aromatic carbocycles. The number of benzene rings is 1. The van der Waals surface area contributed by atoms with E-state index in [0.29, 0.717) is 12.8 Å². The van der Waals surface area contributed by atoms with Gasteiger partial charge < -0.3 is 0 Å². The van der Waals surface area contributed by atoms with E-state index >= 15 is 0 Å². The van der Waals surface area contributed by atoms with Gasteiger partial charge in [-0.05, 0) is 12.8 Å². The van der Waals surface area contributed by atoms with Gasteiger partial charge in [0.25, 0.3) is 0 Å². The Balaban J connectivity index is 2.15. The van der Waals surface area contributed by atoms with E-state index in [0.717, 1.165) is 35.7 Å². The number of hydrogen-bond acceptors (Lipinski definition) is 5. The molecule has 8 heteroatoms. The molecule has 0 aliphatic heterocycles. The van der Waals surface area contributed by atoms with Gasteiger partial charge >= 0.3 is 158 Å². The van der Waals surface area contributed by atoms with E-state index in [1.165, 1.54) is 57.8 Å². The third-order valence-corrected chi connectivity index (χ3v) is 6.99. The van der Waals surface area contributed by atoms with Gasteiger partial charge in [-0.2, -0.15) is 0 Å². The van der Waals surface area contributed by atoms with Crippen molar-refractivity contribution in [2.75, 3.05) is 6.61 Å². The fourth-order valence-corrected chi connectivity index (χ4v) is 4.61. The Bertz CT molecular complexity index is 694. The van der Waals surface area contributed by atoms with Crippen LogP contribution in [0.2, 0.25) is 0 Å². The van der Waals surface area contributed by atoms with E-state index in [-0.39, 0.29) is 12.5 Å². The van der Waals surface area contributed by atoms with E-state index in [4.69, 9.17) is 19.2 Å². The summed E-state index contributed by atoms with van der Waals surface area (Å²) in [7, 11) is -4.62.